The monoisotopic (exact) mass is 1600 g/mol. The molecule has 4 unspecified atom stereocenters. The Morgan fingerprint density at radius 1 is 0.567 bits per heavy atom. The van der Waals surface area contributed by atoms with Gasteiger partial charge in [-0.3, -0.25) is 51.8 Å². The van der Waals surface area contributed by atoms with E-state index in [1.54, 1.807) is 27.7 Å². The molecule has 11 N–H and O–H groups in total. The van der Waals surface area contributed by atoms with Crippen LogP contribution in [-0.2, 0) is 42.8 Å². The molecule has 12 rings (SSSR count). The van der Waals surface area contributed by atoms with Crippen molar-refractivity contribution in [1.82, 2.24) is 78.1 Å². The highest BCUT2D eigenvalue weighted by Crippen LogP contribution is 2.38. The first kappa shape index (κ1) is 74.7. The molecule has 16 atom stereocenters. The Hall–Kier alpha value is -8.12. The predicted molar refractivity (Wildman–Crippen MR) is 345 cm³/mol. The van der Waals surface area contributed by atoms with Crippen molar-refractivity contribution in [2.75, 3.05) is 24.1 Å². The number of aromatic nitrogens is 16. The first-order chi connectivity index (χ1) is 45.9. The van der Waals surface area contributed by atoms with E-state index in [1.165, 1.54) is 71.3 Å². The van der Waals surface area contributed by atoms with Gasteiger partial charge in [0.05, 0.1) is 68.1 Å². The van der Waals surface area contributed by atoms with Crippen molar-refractivity contribution in [3.05, 3.63) is 111 Å². The fourth-order valence-corrected chi connectivity index (χ4v) is 11.7. The van der Waals surface area contributed by atoms with Crippen LogP contribution in [0.3, 0.4) is 0 Å². The molecule has 4 saturated heterocycles. The number of nitrogens with zero attached hydrogens (tertiary/aromatic N) is 18. The Morgan fingerprint density at radius 2 is 0.887 bits per heavy atom. The summed E-state index contributed by atoms with van der Waals surface area (Å²) < 4.78 is 38.5. The summed E-state index contributed by atoms with van der Waals surface area (Å²) in [5.41, 5.74) is 16.0. The van der Waals surface area contributed by atoms with Gasteiger partial charge in [-0.1, -0.05) is 48.7 Å². The first-order valence-corrected chi connectivity index (χ1v) is 31.9. The van der Waals surface area contributed by atoms with Crippen molar-refractivity contribution >= 4 is 116 Å². The number of aryl methyl sites for hydroxylation is 4. The lowest BCUT2D eigenvalue weighted by Crippen LogP contribution is -2.33. The smallest absolute Gasteiger partial charge is 0.303 e. The lowest BCUT2D eigenvalue weighted by Gasteiger charge is -2.21. The van der Waals surface area contributed by atoms with Crippen LogP contribution in [0.4, 0.5) is 0 Å². The molecule has 8 aromatic rings. The number of carbonyl (C=O) groups is 3. The lowest BCUT2D eigenvalue weighted by atomic mass is 10.1. The molecule has 0 bridgehead atoms. The summed E-state index contributed by atoms with van der Waals surface area (Å²) >= 11 is 8.23. The number of nitrogens with one attached hydrogen (secondary N) is 4. The minimum atomic E-state index is -1.27. The van der Waals surface area contributed by atoms with E-state index in [4.69, 9.17) is 39.9 Å². The summed E-state index contributed by atoms with van der Waals surface area (Å²) in [6.45, 7) is 11.6. The third-order valence-corrected chi connectivity index (χ3v) is 17.7. The summed E-state index contributed by atoms with van der Waals surface area (Å²) in [6, 6.07) is 0. The largest absolute Gasteiger partial charge is 0.456 e. The lowest BCUT2D eigenvalue weighted by molar-refractivity contribution is -0.158. The number of hydrogen-bond donors (Lipinski definition) is 11. The normalized spacial score (nSPS) is 26.5. The van der Waals surface area contributed by atoms with Crippen LogP contribution in [0.15, 0.2) is 54.7 Å². The van der Waals surface area contributed by atoms with E-state index in [9.17, 15) is 64.2 Å². The van der Waals surface area contributed by atoms with Crippen LogP contribution in [0.2, 0.25) is 0 Å². The third-order valence-electron chi connectivity index (χ3n) is 14.7. The fourth-order valence-electron chi connectivity index (χ4n) is 10.2. The quantitative estimate of drug-likeness (QED) is 0.0131. The van der Waals surface area contributed by atoms with E-state index in [0.29, 0.717) is 39.0 Å². The van der Waals surface area contributed by atoms with Gasteiger partial charge >= 0.3 is 11.9 Å². The van der Waals surface area contributed by atoms with E-state index in [2.05, 4.69) is 139 Å². The Bertz CT molecular complexity index is 4420. The average Bonchev–Trinajstić information content (AvgIpc) is 1.65. The van der Waals surface area contributed by atoms with E-state index >= 15 is 0 Å². The van der Waals surface area contributed by atoms with Crippen LogP contribution in [0.5, 0.6) is 0 Å². The number of hydrogen-bond acceptors (Lipinski definition) is 30. The van der Waals surface area contributed by atoms with Gasteiger partial charge in [0.2, 0.25) is 4.69 Å². The maximum absolute atomic E-state index is 12.0. The molecule has 45 heteroatoms. The second-order valence-corrected chi connectivity index (χ2v) is 24.8. The number of carbonyl (C=O) groups excluding carboxylic acids is 3. The second-order valence-electron chi connectivity index (χ2n) is 22.2. The number of esters is 2. The molecule has 97 heavy (non-hydrogen) atoms. The Labute approximate surface area is 572 Å². The van der Waals surface area contributed by atoms with Gasteiger partial charge in [-0.25, -0.2) is 39.9 Å². The highest BCUT2D eigenvalue weighted by atomic mass is 127. The zero-order valence-corrected chi connectivity index (χ0v) is 57.3. The zero-order chi connectivity index (χ0) is 71.2. The molecular weight excluding hydrogens is 1540 g/mol. The molecule has 0 radical (unpaired) electrons. The molecule has 0 amide bonds. The fraction of sp³-hybridized carbons (Fsp3) is 0.558. The number of fused-ring (bicyclic) bond motifs is 4. The highest BCUT2D eigenvalue weighted by Gasteiger charge is 2.49. The Kier molecular flexibility index (Phi) is 24.3. The van der Waals surface area contributed by atoms with Gasteiger partial charge in [-0.05, 0) is 68.5 Å². The third kappa shape index (κ3) is 16.4. The molecule has 0 aromatic carbocycles. The van der Waals surface area contributed by atoms with Crippen molar-refractivity contribution in [2.24, 2.45) is 10.2 Å². The Balaban J connectivity index is 0.000000158. The molecule has 42 nitrogen and oxygen atoms in total. The van der Waals surface area contributed by atoms with Gasteiger partial charge in [0.25, 0.3) is 22.2 Å². The molecule has 8 aromatic heterocycles. The number of H-pyrrole nitrogens is 4. The number of alkyl halides is 2. The van der Waals surface area contributed by atoms with Crippen molar-refractivity contribution in [3.8, 4) is 0 Å². The van der Waals surface area contributed by atoms with Gasteiger partial charge in [-0.2, -0.15) is 0 Å². The number of halogens is 3. The number of azide groups is 2. The molecule has 522 valence electrons. The maximum Gasteiger partial charge on any atom is 0.303 e. The van der Waals surface area contributed by atoms with Crippen molar-refractivity contribution in [1.29, 1.82) is 0 Å². The zero-order valence-electron chi connectivity index (χ0n) is 52.0. The number of rotatable bonds is 13. The minimum absolute atomic E-state index is 0.0559. The van der Waals surface area contributed by atoms with Crippen molar-refractivity contribution < 1.29 is 78.6 Å². The Morgan fingerprint density at radius 3 is 1.19 bits per heavy atom. The molecule has 4 fully saturated rings. The van der Waals surface area contributed by atoms with Crippen LogP contribution >= 0.6 is 54.5 Å². The molecule has 4 aliphatic heterocycles. The van der Waals surface area contributed by atoms with Crippen molar-refractivity contribution in [2.45, 2.75) is 158 Å². The molecular formula is C52H63Br2IN22O20. The molecule has 0 aliphatic carbocycles. The molecule has 4 aliphatic rings. The number of aromatic amines is 4. The topological polar surface area (TPSA) is 600 Å². The van der Waals surface area contributed by atoms with Gasteiger partial charge in [0.1, 0.15) is 66.0 Å². The van der Waals surface area contributed by atoms with Gasteiger partial charge in [0.15, 0.2) is 81.3 Å². The number of aliphatic hydroxyl groups is 7. The summed E-state index contributed by atoms with van der Waals surface area (Å²) in [7, 11) is 0. The molecule has 0 spiro atoms. The van der Waals surface area contributed by atoms with E-state index in [0.717, 1.165) is 0 Å². The minimum Gasteiger partial charge on any atom is -0.456 e. The molecule has 0 saturated carbocycles. The van der Waals surface area contributed by atoms with Gasteiger partial charge in [-0.15, -0.1) is 0 Å². The molecule has 12 heterocycles. The van der Waals surface area contributed by atoms with E-state index in [-0.39, 0.29) is 62.3 Å². The highest BCUT2D eigenvalue weighted by molar-refractivity contribution is 14.1. The number of imidazole rings is 4. The van der Waals surface area contributed by atoms with Crippen LogP contribution in [0.25, 0.3) is 65.5 Å². The second kappa shape index (κ2) is 31.6. The average molecular weight is 1600 g/mol. The van der Waals surface area contributed by atoms with E-state index in [1.807, 2.05) is 0 Å². The summed E-state index contributed by atoms with van der Waals surface area (Å²) in [4.78, 5) is 128. The van der Waals surface area contributed by atoms with Gasteiger partial charge in [0, 0.05) is 28.1 Å². The SMILES string of the molecule is CC(=O)OC(C)(C)C(=O)Br.CC(=O)O[C@H]1C(Br)[C@@H](CN=[N+]=[N-])O[C@H]1n1cnc2c(=O)[nH]c(C)nc21.Cc1nc2c(ncn2[C@@H]2O[C@H](CI)C(O)[C@@H]2O)c(=O)[nH]1.Cc1nc2c(ncn2[C@@H]2O[C@H](CN=[N+]=[N-])C(O)[C@@H]2O)c(=O)[nH]1.Cc1nc2c(ncn2[C@@H]2O[C@H](CO)C(O)[C@@H]2O)c(=O)[nH]1. The number of aliphatic hydroxyl groups excluding tert-OH is 7. The van der Waals surface area contributed by atoms with E-state index < -0.39 is 132 Å². The maximum atomic E-state index is 12.0. The predicted octanol–water partition coefficient (Wildman–Crippen LogP) is -0.540. The first-order valence-electron chi connectivity index (χ1n) is 28.7. The summed E-state index contributed by atoms with van der Waals surface area (Å²) in [5.74, 6) is 0.704. The number of ether oxygens (including phenoxy) is 6. The van der Waals surface area contributed by atoms with Gasteiger partial charge < -0.3 is 84.1 Å². The van der Waals surface area contributed by atoms with Crippen LogP contribution in [0.1, 0.15) is 75.9 Å². The van der Waals surface area contributed by atoms with Crippen LogP contribution in [0, 0.1) is 27.7 Å². The standard InChI is InChI=1S/C13H14BrN7O4.C11H13IN4O4.C11H13N7O4.C11H14N4O5.C6H9BrO3/c1-5-18-11-9(12(23)19-5)16-4-21(11)13-10(24-6(2)22)8(14)7(25-13)3-17-20-15;1-4-14-9-6(10(19)15-4)13-3-16(9)11-8(18)7(17)5(2-12)20-11;1-4-15-9-6(10(21)16-4)13-3-18(9)11-8(20)7(19)5(22-11)2-14-17-12;1-4-13-9-6(10(19)14-4)12-3-15(9)11-8(18)7(17)5(2-16)20-11;1-4(8)10-6(2,3)5(7)9/h4,7-8,10,13H,3H2,1-2H3,(H,18,19,23);3,5,7-8,11,17-18H,2H2,1H3,(H,14,15,19);3,5,7-8,11,19-20H,2H2,1H3,(H,15,16,21);3,5,7-8,11,16-18H,2H2,1H3,(H,13,14,19);1-3H3/t7-,8?,10+,13-;3*5-,7?,8+,11-;/m1111./s1. The summed E-state index contributed by atoms with van der Waals surface area (Å²) in [5, 5.41) is 75.7. The van der Waals surface area contributed by atoms with Crippen molar-refractivity contribution in [3.63, 3.8) is 0 Å². The summed E-state index contributed by atoms with van der Waals surface area (Å²) in [6.07, 6.45) is -8.55. The van der Waals surface area contributed by atoms with Crippen LogP contribution in [-0.4, -0.2) is 232 Å². The van der Waals surface area contributed by atoms with Crippen LogP contribution < -0.4 is 22.2 Å².